The normalized spacial score (nSPS) is 11.7. The third-order valence-electron chi connectivity index (χ3n) is 2.18. The van der Waals surface area contributed by atoms with E-state index in [1.54, 1.807) is 4.90 Å². The molecule has 0 saturated carbocycles. The zero-order chi connectivity index (χ0) is 13.1. The van der Waals surface area contributed by atoms with Crippen LogP contribution in [0, 0.1) is 0 Å². The van der Waals surface area contributed by atoms with Gasteiger partial charge in [0.1, 0.15) is 9.90 Å². The molecule has 3 N–H and O–H groups in total. The van der Waals surface area contributed by atoms with Gasteiger partial charge in [0.05, 0.1) is 6.61 Å². The van der Waals surface area contributed by atoms with Crippen LogP contribution in [0.25, 0.3) is 0 Å². The van der Waals surface area contributed by atoms with Gasteiger partial charge in [0.15, 0.2) is 15.7 Å². The van der Waals surface area contributed by atoms with Crippen LogP contribution in [0.15, 0.2) is 4.90 Å². The molecule has 0 aliphatic heterocycles. The van der Waals surface area contributed by atoms with E-state index in [1.165, 1.54) is 0 Å². The minimum atomic E-state index is -3.40. The van der Waals surface area contributed by atoms with Crippen LogP contribution in [0.4, 0.5) is 10.8 Å². The van der Waals surface area contributed by atoms with Gasteiger partial charge >= 0.3 is 0 Å². The van der Waals surface area contributed by atoms with Gasteiger partial charge in [0.25, 0.3) is 0 Å². The summed E-state index contributed by atoms with van der Waals surface area (Å²) >= 11 is 1.05. The average Bonchev–Trinajstić information content (AvgIpc) is 2.59. The summed E-state index contributed by atoms with van der Waals surface area (Å²) in [5.74, 6) is 0.0338. The smallest absolute Gasteiger partial charge is 0.182 e. The molecule has 17 heavy (non-hydrogen) atoms. The Morgan fingerprint density at radius 3 is 2.59 bits per heavy atom. The molecule has 0 aromatic carbocycles. The highest BCUT2D eigenvalue weighted by Gasteiger charge is 2.24. The van der Waals surface area contributed by atoms with E-state index in [4.69, 9.17) is 10.8 Å². The van der Waals surface area contributed by atoms with E-state index >= 15 is 0 Å². The molecule has 0 fully saturated rings. The number of aromatic nitrogens is 1. The summed E-state index contributed by atoms with van der Waals surface area (Å²) < 4.78 is 27.2. The molecule has 1 heterocycles. The van der Waals surface area contributed by atoms with Crippen LogP contribution in [0.1, 0.15) is 13.3 Å². The van der Waals surface area contributed by atoms with Crippen molar-refractivity contribution in [3.8, 4) is 0 Å². The molecule has 8 heteroatoms. The summed E-state index contributed by atoms with van der Waals surface area (Å²) in [6.07, 6.45) is 1.96. The number of hydrogen-bond donors (Lipinski definition) is 2. The van der Waals surface area contributed by atoms with Gasteiger partial charge in [-0.15, -0.1) is 0 Å². The fourth-order valence-corrected chi connectivity index (χ4v) is 3.80. The maximum absolute atomic E-state index is 11.6. The number of hydrogen-bond acceptors (Lipinski definition) is 7. The number of nitrogens with zero attached hydrogens (tertiary/aromatic N) is 2. The van der Waals surface area contributed by atoms with Crippen LogP contribution < -0.4 is 10.6 Å². The number of anilines is 2. The number of rotatable bonds is 6. The highest BCUT2D eigenvalue weighted by atomic mass is 32.2. The molecule has 1 aromatic heterocycles. The second-order valence-electron chi connectivity index (χ2n) is 3.68. The first-order chi connectivity index (χ1) is 7.91. The highest BCUT2D eigenvalue weighted by molar-refractivity contribution is 7.91. The molecule has 0 atom stereocenters. The second kappa shape index (κ2) is 5.65. The first kappa shape index (κ1) is 14.2. The van der Waals surface area contributed by atoms with Crippen molar-refractivity contribution in [2.45, 2.75) is 18.2 Å². The Morgan fingerprint density at radius 2 is 2.12 bits per heavy atom. The summed E-state index contributed by atoms with van der Waals surface area (Å²) in [6, 6.07) is 0. The number of aliphatic hydroxyl groups is 1. The van der Waals surface area contributed by atoms with Crippen LogP contribution in [-0.2, 0) is 9.84 Å². The van der Waals surface area contributed by atoms with E-state index in [0.29, 0.717) is 18.1 Å². The second-order valence-corrected chi connectivity index (χ2v) is 6.39. The van der Waals surface area contributed by atoms with Gasteiger partial charge in [-0.25, -0.2) is 8.42 Å². The third-order valence-corrected chi connectivity index (χ3v) is 4.38. The van der Waals surface area contributed by atoms with Gasteiger partial charge in [-0.05, 0) is 18.0 Å². The lowest BCUT2D eigenvalue weighted by atomic mass is 10.4. The van der Waals surface area contributed by atoms with Crippen LogP contribution in [0.5, 0.6) is 0 Å². The number of nitrogens with two attached hydrogens (primary N) is 1. The molecule has 0 aliphatic carbocycles. The molecular weight excluding hydrogens is 262 g/mol. The van der Waals surface area contributed by atoms with Crippen molar-refractivity contribution in [3.63, 3.8) is 0 Å². The van der Waals surface area contributed by atoms with Gasteiger partial charge in [0.2, 0.25) is 0 Å². The highest BCUT2D eigenvalue weighted by Crippen LogP contribution is 2.34. The molecule has 0 spiro atoms. The molecule has 0 unspecified atom stereocenters. The number of aliphatic hydroxyl groups excluding tert-OH is 1. The van der Waals surface area contributed by atoms with Crippen molar-refractivity contribution in [1.82, 2.24) is 4.37 Å². The van der Waals surface area contributed by atoms with Crippen LogP contribution >= 0.6 is 11.5 Å². The van der Waals surface area contributed by atoms with Crippen molar-refractivity contribution in [2.75, 3.05) is 36.6 Å². The number of nitrogen functional groups attached to an aromatic ring is 1. The Balaban J connectivity index is 3.20. The summed E-state index contributed by atoms with van der Waals surface area (Å²) in [4.78, 5) is 1.87. The molecule has 0 amide bonds. The van der Waals surface area contributed by atoms with Gasteiger partial charge in [-0.3, -0.25) is 0 Å². The van der Waals surface area contributed by atoms with Crippen molar-refractivity contribution in [2.24, 2.45) is 0 Å². The van der Waals surface area contributed by atoms with Crippen LogP contribution in [0.2, 0.25) is 0 Å². The summed E-state index contributed by atoms with van der Waals surface area (Å²) in [7, 11) is -3.40. The van der Waals surface area contributed by atoms with E-state index in [1.807, 2.05) is 6.92 Å². The first-order valence-electron chi connectivity index (χ1n) is 5.22. The zero-order valence-corrected chi connectivity index (χ0v) is 11.5. The maximum atomic E-state index is 11.6. The Hall–Kier alpha value is -0.860. The monoisotopic (exact) mass is 279 g/mol. The molecule has 98 valence electrons. The van der Waals surface area contributed by atoms with Crippen LogP contribution in [0.3, 0.4) is 0 Å². The lowest BCUT2D eigenvalue weighted by molar-refractivity contribution is 0.302. The summed E-state index contributed by atoms with van der Waals surface area (Å²) in [5.41, 5.74) is 5.59. The standard InChI is InChI=1S/C9H17N3O3S2/c1-3-4-12(5-6-13)9-7(17(2,14)15)8(10)11-16-9/h13H,3-6H2,1-2H3,(H2,10,11). The average molecular weight is 279 g/mol. The fraction of sp³-hybridized carbons (Fsp3) is 0.667. The minimum absolute atomic E-state index is 0.0338. The van der Waals surface area contributed by atoms with Crippen molar-refractivity contribution in [3.05, 3.63) is 0 Å². The van der Waals surface area contributed by atoms with E-state index < -0.39 is 9.84 Å². The predicted molar refractivity (Wildman–Crippen MR) is 69.2 cm³/mol. The quantitative estimate of drug-likeness (QED) is 0.779. The molecule has 1 aromatic rings. The van der Waals surface area contributed by atoms with Crippen molar-refractivity contribution >= 4 is 32.2 Å². The van der Waals surface area contributed by atoms with E-state index in [-0.39, 0.29) is 17.3 Å². The van der Waals surface area contributed by atoms with E-state index in [2.05, 4.69) is 4.37 Å². The van der Waals surface area contributed by atoms with Gasteiger partial charge in [0, 0.05) is 19.3 Å². The Kier molecular flexibility index (Phi) is 4.72. The number of sulfone groups is 1. The third kappa shape index (κ3) is 3.30. The van der Waals surface area contributed by atoms with Gasteiger partial charge < -0.3 is 15.7 Å². The topological polar surface area (TPSA) is 96.5 Å². The molecule has 0 aliphatic rings. The summed E-state index contributed by atoms with van der Waals surface area (Å²) in [6.45, 7) is 2.97. The zero-order valence-electron chi connectivity index (χ0n) is 9.88. The summed E-state index contributed by atoms with van der Waals surface area (Å²) in [5, 5.41) is 9.50. The SMILES string of the molecule is CCCN(CCO)c1snc(N)c1S(C)(=O)=O. The predicted octanol–water partition coefficient (Wildman–Crippen LogP) is 0.338. The largest absolute Gasteiger partial charge is 0.395 e. The molecular formula is C9H17N3O3S2. The van der Waals surface area contributed by atoms with E-state index in [9.17, 15) is 8.42 Å². The molecule has 0 radical (unpaired) electrons. The Bertz CT molecular complexity index is 464. The lowest BCUT2D eigenvalue weighted by Gasteiger charge is -2.21. The van der Waals surface area contributed by atoms with Gasteiger partial charge in [-0.2, -0.15) is 4.37 Å². The molecule has 0 bridgehead atoms. The van der Waals surface area contributed by atoms with Crippen molar-refractivity contribution in [1.29, 1.82) is 0 Å². The minimum Gasteiger partial charge on any atom is -0.395 e. The molecule has 1 rings (SSSR count). The lowest BCUT2D eigenvalue weighted by Crippen LogP contribution is -2.27. The molecule has 0 saturated heterocycles. The first-order valence-corrected chi connectivity index (χ1v) is 7.89. The Morgan fingerprint density at radius 1 is 1.47 bits per heavy atom. The fourth-order valence-electron chi connectivity index (χ4n) is 1.54. The van der Waals surface area contributed by atoms with Gasteiger partial charge in [-0.1, -0.05) is 6.92 Å². The van der Waals surface area contributed by atoms with E-state index in [0.717, 1.165) is 24.2 Å². The maximum Gasteiger partial charge on any atom is 0.182 e. The van der Waals surface area contributed by atoms with Crippen LogP contribution in [-0.4, -0.2) is 43.9 Å². The van der Waals surface area contributed by atoms with Crippen molar-refractivity contribution < 1.29 is 13.5 Å². The molecule has 6 nitrogen and oxygen atoms in total. The Labute approximate surface area is 105 Å².